The van der Waals surface area contributed by atoms with Crippen LogP contribution < -0.4 is 5.32 Å². The van der Waals surface area contributed by atoms with Crippen LogP contribution in [0.3, 0.4) is 0 Å². The lowest BCUT2D eigenvalue weighted by atomic mass is 10.1. The van der Waals surface area contributed by atoms with Crippen LogP contribution in [-0.4, -0.2) is 24.1 Å². The molecule has 0 aromatic heterocycles. The lowest BCUT2D eigenvalue weighted by Crippen LogP contribution is -2.31. The molecular formula is C17H25NS. The van der Waals surface area contributed by atoms with Crippen molar-refractivity contribution in [1.82, 2.24) is 5.32 Å². The Balaban J connectivity index is 1.50. The van der Waals surface area contributed by atoms with Gasteiger partial charge in [0.2, 0.25) is 0 Å². The van der Waals surface area contributed by atoms with Crippen molar-refractivity contribution in [2.75, 3.05) is 12.8 Å². The summed E-state index contributed by atoms with van der Waals surface area (Å²) in [7, 11) is 2.14. The van der Waals surface area contributed by atoms with Crippen LogP contribution in [-0.2, 0) is 0 Å². The van der Waals surface area contributed by atoms with Gasteiger partial charge in [0.05, 0.1) is 0 Å². The average Bonchev–Trinajstić information content (AvgIpc) is 3.07. The number of thioether (sulfide) groups is 1. The summed E-state index contributed by atoms with van der Waals surface area (Å²) in [5, 5.41) is 4.52. The van der Waals surface area contributed by atoms with E-state index >= 15 is 0 Å². The van der Waals surface area contributed by atoms with Crippen molar-refractivity contribution in [1.29, 1.82) is 0 Å². The first kappa shape index (κ1) is 13.5. The molecule has 2 aliphatic rings. The van der Waals surface area contributed by atoms with Gasteiger partial charge in [0.15, 0.2) is 0 Å². The topological polar surface area (TPSA) is 12.0 Å². The van der Waals surface area contributed by atoms with Gasteiger partial charge in [0.1, 0.15) is 0 Å². The zero-order valence-corrected chi connectivity index (χ0v) is 12.7. The summed E-state index contributed by atoms with van der Waals surface area (Å²) in [6.45, 7) is 0. The highest BCUT2D eigenvalue weighted by Crippen LogP contribution is 2.50. The van der Waals surface area contributed by atoms with E-state index in [0.717, 1.165) is 17.1 Å². The van der Waals surface area contributed by atoms with Crippen LogP contribution in [0, 0.1) is 5.92 Å². The molecule has 3 rings (SSSR count). The van der Waals surface area contributed by atoms with E-state index in [4.69, 9.17) is 0 Å². The van der Waals surface area contributed by atoms with Gasteiger partial charge >= 0.3 is 0 Å². The van der Waals surface area contributed by atoms with Gasteiger partial charge in [-0.1, -0.05) is 43.2 Å². The monoisotopic (exact) mass is 275 g/mol. The van der Waals surface area contributed by atoms with Crippen molar-refractivity contribution in [3.05, 3.63) is 35.9 Å². The van der Waals surface area contributed by atoms with Gasteiger partial charge in [0.25, 0.3) is 0 Å². The van der Waals surface area contributed by atoms with Crippen LogP contribution >= 0.6 is 11.8 Å². The van der Waals surface area contributed by atoms with E-state index in [1.165, 1.54) is 37.9 Å². The smallest absolute Gasteiger partial charge is 0.0189 e. The first-order valence-corrected chi connectivity index (χ1v) is 8.77. The maximum absolute atomic E-state index is 3.57. The first-order chi connectivity index (χ1) is 9.38. The minimum absolute atomic E-state index is 0.704. The molecule has 0 radical (unpaired) electrons. The van der Waals surface area contributed by atoms with Gasteiger partial charge in [-0.05, 0) is 43.7 Å². The quantitative estimate of drug-likeness (QED) is 0.840. The fourth-order valence-corrected chi connectivity index (χ4v) is 5.02. The van der Waals surface area contributed by atoms with Gasteiger partial charge in [-0.15, -0.1) is 0 Å². The summed E-state index contributed by atoms with van der Waals surface area (Å²) in [6.07, 6.45) is 7.19. The van der Waals surface area contributed by atoms with Crippen molar-refractivity contribution in [3.63, 3.8) is 0 Å². The number of rotatable bonds is 6. The molecule has 0 bridgehead atoms. The van der Waals surface area contributed by atoms with Crippen molar-refractivity contribution in [2.24, 2.45) is 5.92 Å². The highest BCUT2D eigenvalue weighted by molar-refractivity contribution is 7.99. The molecule has 0 aliphatic heterocycles. The second-order valence-corrected chi connectivity index (χ2v) is 7.39. The molecule has 2 saturated carbocycles. The molecule has 1 nitrogen and oxygen atoms in total. The Morgan fingerprint density at radius 1 is 1.21 bits per heavy atom. The second kappa shape index (κ2) is 6.32. The minimum atomic E-state index is 0.704. The molecule has 1 aromatic rings. The molecule has 19 heavy (non-hydrogen) atoms. The third-order valence-electron chi connectivity index (χ3n) is 4.77. The van der Waals surface area contributed by atoms with Crippen LogP contribution in [0.1, 0.15) is 43.6 Å². The van der Waals surface area contributed by atoms with Crippen molar-refractivity contribution < 1.29 is 0 Å². The summed E-state index contributed by atoms with van der Waals surface area (Å²) >= 11 is 2.22. The van der Waals surface area contributed by atoms with Gasteiger partial charge in [-0.3, -0.25) is 0 Å². The molecule has 2 fully saturated rings. The largest absolute Gasteiger partial charge is 0.316 e. The van der Waals surface area contributed by atoms with Crippen molar-refractivity contribution in [3.8, 4) is 0 Å². The lowest BCUT2D eigenvalue weighted by molar-refractivity contribution is 0.541. The normalized spacial score (nSPS) is 28.5. The van der Waals surface area contributed by atoms with Crippen LogP contribution in [0.25, 0.3) is 0 Å². The SMILES string of the molecule is CNC(CSC1CCCC1)C1CC1c1ccccc1. The summed E-state index contributed by atoms with van der Waals surface area (Å²) in [6, 6.07) is 11.8. The van der Waals surface area contributed by atoms with Crippen molar-refractivity contribution in [2.45, 2.75) is 49.3 Å². The molecule has 1 N–H and O–H groups in total. The van der Waals surface area contributed by atoms with E-state index in [1.54, 1.807) is 5.56 Å². The number of nitrogens with one attached hydrogen (secondary N) is 1. The molecule has 104 valence electrons. The highest BCUT2D eigenvalue weighted by atomic mass is 32.2. The summed E-state index contributed by atoms with van der Waals surface area (Å²) in [5.41, 5.74) is 1.54. The molecule has 0 amide bonds. The summed E-state index contributed by atoms with van der Waals surface area (Å²) < 4.78 is 0. The van der Waals surface area contributed by atoms with E-state index in [-0.39, 0.29) is 0 Å². The predicted octanol–water partition coefficient (Wildman–Crippen LogP) is 4.05. The number of hydrogen-bond donors (Lipinski definition) is 1. The van der Waals surface area contributed by atoms with E-state index in [2.05, 4.69) is 54.5 Å². The first-order valence-electron chi connectivity index (χ1n) is 7.72. The predicted molar refractivity (Wildman–Crippen MR) is 84.9 cm³/mol. The average molecular weight is 275 g/mol. The maximum atomic E-state index is 3.57. The molecule has 2 heteroatoms. The molecule has 3 atom stereocenters. The number of hydrogen-bond acceptors (Lipinski definition) is 2. The van der Waals surface area contributed by atoms with Gasteiger partial charge in [0, 0.05) is 17.0 Å². The minimum Gasteiger partial charge on any atom is -0.316 e. The van der Waals surface area contributed by atoms with E-state index < -0.39 is 0 Å². The zero-order valence-electron chi connectivity index (χ0n) is 11.8. The van der Waals surface area contributed by atoms with Crippen molar-refractivity contribution >= 4 is 11.8 Å². The summed E-state index contributed by atoms with van der Waals surface area (Å²) in [4.78, 5) is 0. The fraction of sp³-hybridized carbons (Fsp3) is 0.647. The third kappa shape index (κ3) is 3.35. The molecular weight excluding hydrogens is 250 g/mol. The second-order valence-electron chi connectivity index (χ2n) is 6.05. The van der Waals surface area contributed by atoms with Gasteiger partial charge in [-0.2, -0.15) is 11.8 Å². The molecule has 0 saturated heterocycles. The Kier molecular flexibility index (Phi) is 4.49. The molecule has 1 aromatic carbocycles. The third-order valence-corrected chi connectivity index (χ3v) is 6.26. The van der Waals surface area contributed by atoms with Crippen LogP contribution in [0.2, 0.25) is 0 Å². The Morgan fingerprint density at radius 2 is 1.95 bits per heavy atom. The molecule has 3 unspecified atom stereocenters. The molecule has 0 spiro atoms. The Labute approximate surface area is 121 Å². The van der Waals surface area contributed by atoms with E-state index in [1.807, 2.05) is 0 Å². The maximum Gasteiger partial charge on any atom is 0.0189 e. The standard InChI is InChI=1S/C17H25NS/c1-18-17(12-19-14-9-5-6-10-14)16-11-15(16)13-7-3-2-4-8-13/h2-4,7-8,14-18H,5-6,9-12H2,1H3. The zero-order chi connectivity index (χ0) is 13.1. The number of benzene rings is 1. The van der Waals surface area contributed by atoms with E-state index in [9.17, 15) is 0 Å². The van der Waals surface area contributed by atoms with Crippen LogP contribution in [0.5, 0.6) is 0 Å². The van der Waals surface area contributed by atoms with Gasteiger partial charge < -0.3 is 5.32 Å². The fourth-order valence-electron chi connectivity index (χ4n) is 3.46. The van der Waals surface area contributed by atoms with Crippen LogP contribution in [0.15, 0.2) is 30.3 Å². The van der Waals surface area contributed by atoms with Crippen LogP contribution in [0.4, 0.5) is 0 Å². The molecule has 2 aliphatic carbocycles. The van der Waals surface area contributed by atoms with E-state index in [0.29, 0.717) is 6.04 Å². The Hall–Kier alpha value is -0.470. The Morgan fingerprint density at radius 3 is 2.63 bits per heavy atom. The highest BCUT2D eigenvalue weighted by Gasteiger charge is 2.43. The molecule has 0 heterocycles. The lowest BCUT2D eigenvalue weighted by Gasteiger charge is -2.18. The Bertz CT molecular complexity index is 386. The summed E-state index contributed by atoms with van der Waals surface area (Å²) in [5.74, 6) is 2.97. The van der Waals surface area contributed by atoms with Gasteiger partial charge in [-0.25, -0.2) is 0 Å².